The summed E-state index contributed by atoms with van der Waals surface area (Å²) in [6.45, 7) is 0. The lowest BCUT2D eigenvalue weighted by molar-refractivity contribution is 0.332. The Bertz CT molecular complexity index is 698. The van der Waals surface area contributed by atoms with Crippen molar-refractivity contribution in [2.45, 2.75) is 0 Å². The summed E-state index contributed by atoms with van der Waals surface area (Å²) in [5.74, 6) is -21.4. The molecule has 0 amide bonds. The Kier molecular flexibility index (Phi) is 3.97. The predicted octanol–water partition coefficient (Wildman–Crippen LogP) is 3.76. The van der Waals surface area contributed by atoms with Gasteiger partial charge in [-0.3, -0.25) is 0 Å². The third kappa shape index (κ3) is 2.37. The van der Waals surface area contributed by atoms with Crippen LogP contribution in [0.5, 0.6) is 11.5 Å². The molecule has 0 spiro atoms. The van der Waals surface area contributed by atoms with Gasteiger partial charge in [0.05, 0.1) is 0 Å². The van der Waals surface area contributed by atoms with Crippen LogP contribution in [0.15, 0.2) is 0 Å². The van der Waals surface area contributed by atoms with Crippen LogP contribution in [0, 0.1) is 46.5 Å². The van der Waals surface area contributed by atoms with E-state index in [2.05, 4.69) is 4.74 Å². The lowest BCUT2D eigenvalue weighted by Gasteiger charge is -2.13. The molecule has 4 N–H and O–H groups in total. The molecule has 0 radical (unpaired) electrons. The third-order valence-electron chi connectivity index (χ3n) is 2.72. The maximum atomic E-state index is 13.6. The second kappa shape index (κ2) is 5.48. The molecule has 0 unspecified atom stereocenters. The van der Waals surface area contributed by atoms with Crippen LogP contribution < -0.4 is 16.2 Å². The zero-order chi connectivity index (χ0) is 17.6. The minimum absolute atomic E-state index is 1.56. The molecule has 0 fully saturated rings. The average Bonchev–Trinajstić information content (AvgIpc) is 2.54. The van der Waals surface area contributed by atoms with Gasteiger partial charge in [0.25, 0.3) is 0 Å². The third-order valence-corrected chi connectivity index (χ3v) is 2.72. The molecular formula is C12H4F8N2O. The van der Waals surface area contributed by atoms with Gasteiger partial charge in [0.1, 0.15) is 11.4 Å². The van der Waals surface area contributed by atoms with Crippen LogP contribution in [0.2, 0.25) is 0 Å². The quantitative estimate of drug-likeness (QED) is 0.377. The Morgan fingerprint density at radius 1 is 0.435 bits per heavy atom. The van der Waals surface area contributed by atoms with Crippen LogP contribution in [0.1, 0.15) is 0 Å². The molecule has 2 aromatic rings. The van der Waals surface area contributed by atoms with Crippen LogP contribution in [0.3, 0.4) is 0 Å². The molecule has 0 heterocycles. The Morgan fingerprint density at radius 2 is 0.739 bits per heavy atom. The number of nitrogens with two attached hydrogens (primary N) is 2. The van der Waals surface area contributed by atoms with Crippen LogP contribution in [-0.4, -0.2) is 0 Å². The predicted molar refractivity (Wildman–Crippen MR) is 61.4 cm³/mol. The minimum Gasteiger partial charge on any atom is -0.445 e. The first-order valence-corrected chi connectivity index (χ1v) is 5.50. The van der Waals surface area contributed by atoms with Crippen LogP contribution in [0.4, 0.5) is 46.5 Å². The molecule has 0 aliphatic heterocycles. The number of rotatable bonds is 2. The molecule has 3 nitrogen and oxygen atoms in total. The number of halogens is 8. The molecule has 2 aromatic carbocycles. The highest BCUT2D eigenvalue weighted by atomic mass is 19.2. The van der Waals surface area contributed by atoms with Gasteiger partial charge in [0, 0.05) is 0 Å². The minimum atomic E-state index is -2.34. The summed E-state index contributed by atoms with van der Waals surface area (Å²) in [6.07, 6.45) is 0. The van der Waals surface area contributed by atoms with Crippen molar-refractivity contribution >= 4 is 11.4 Å². The number of ether oxygens (including phenoxy) is 1. The molecule has 124 valence electrons. The lowest BCUT2D eigenvalue weighted by atomic mass is 10.2. The molecule has 0 aliphatic rings. The van der Waals surface area contributed by atoms with Crippen molar-refractivity contribution < 1.29 is 39.9 Å². The van der Waals surface area contributed by atoms with E-state index in [-0.39, 0.29) is 0 Å². The van der Waals surface area contributed by atoms with Crippen molar-refractivity contribution in [1.82, 2.24) is 0 Å². The summed E-state index contributed by atoms with van der Waals surface area (Å²) < 4.78 is 110. The Labute approximate surface area is 122 Å². The fourth-order valence-corrected chi connectivity index (χ4v) is 1.54. The van der Waals surface area contributed by atoms with E-state index in [0.717, 1.165) is 0 Å². The molecule has 0 aromatic heterocycles. The molecule has 23 heavy (non-hydrogen) atoms. The van der Waals surface area contributed by atoms with Gasteiger partial charge in [-0.05, 0) is 0 Å². The Morgan fingerprint density at radius 3 is 1.04 bits per heavy atom. The van der Waals surface area contributed by atoms with Crippen molar-refractivity contribution in [3.05, 3.63) is 46.5 Å². The first-order chi connectivity index (χ1) is 10.6. The molecule has 0 saturated heterocycles. The maximum Gasteiger partial charge on any atom is 0.207 e. The summed E-state index contributed by atoms with van der Waals surface area (Å²) in [5.41, 5.74) is 6.45. The Balaban J connectivity index is 2.71. The number of benzene rings is 2. The van der Waals surface area contributed by atoms with Crippen LogP contribution in [-0.2, 0) is 0 Å². The summed E-state index contributed by atoms with van der Waals surface area (Å²) in [7, 11) is 0. The standard InChI is InChI=1S/C12H4F8N2O/c13-1-3(15)9(21)7(19)11(5(1)17)23-12-6(18)2(14)4(16)10(22)8(12)20/h21-22H2. The fourth-order valence-electron chi connectivity index (χ4n) is 1.54. The topological polar surface area (TPSA) is 61.3 Å². The van der Waals surface area contributed by atoms with Gasteiger partial charge in [-0.25, -0.2) is 26.3 Å². The second-order valence-corrected chi connectivity index (χ2v) is 4.10. The van der Waals surface area contributed by atoms with Gasteiger partial charge in [-0.15, -0.1) is 0 Å². The first-order valence-electron chi connectivity index (χ1n) is 5.50. The normalized spacial score (nSPS) is 11.0. The van der Waals surface area contributed by atoms with Gasteiger partial charge < -0.3 is 16.2 Å². The zero-order valence-electron chi connectivity index (χ0n) is 10.6. The number of anilines is 2. The van der Waals surface area contributed by atoms with Crippen molar-refractivity contribution in [2.24, 2.45) is 0 Å². The molecule has 0 bridgehead atoms. The van der Waals surface area contributed by atoms with Crippen molar-refractivity contribution in [3.63, 3.8) is 0 Å². The highest BCUT2D eigenvalue weighted by Crippen LogP contribution is 2.39. The van der Waals surface area contributed by atoms with Crippen LogP contribution in [0.25, 0.3) is 0 Å². The summed E-state index contributed by atoms with van der Waals surface area (Å²) in [5, 5.41) is 0. The molecular weight excluding hydrogens is 340 g/mol. The van der Waals surface area contributed by atoms with Crippen molar-refractivity contribution in [1.29, 1.82) is 0 Å². The average molecular weight is 344 g/mol. The largest absolute Gasteiger partial charge is 0.445 e. The molecule has 0 atom stereocenters. The van der Waals surface area contributed by atoms with E-state index in [1.54, 1.807) is 0 Å². The smallest absolute Gasteiger partial charge is 0.207 e. The SMILES string of the molecule is Nc1c(F)c(F)c(F)c(Oc2c(F)c(N)c(F)c(F)c2F)c1F. The van der Waals surface area contributed by atoms with E-state index in [9.17, 15) is 35.1 Å². The van der Waals surface area contributed by atoms with Crippen molar-refractivity contribution in [2.75, 3.05) is 11.5 Å². The van der Waals surface area contributed by atoms with E-state index in [1.807, 2.05) is 0 Å². The monoisotopic (exact) mass is 344 g/mol. The van der Waals surface area contributed by atoms with Gasteiger partial charge in [-0.1, -0.05) is 0 Å². The van der Waals surface area contributed by atoms with Crippen molar-refractivity contribution in [3.8, 4) is 11.5 Å². The van der Waals surface area contributed by atoms with Gasteiger partial charge in [0.2, 0.25) is 34.8 Å². The van der Waals surface area contributed by atoms with Crippen LogP contribution >= 0.6 is 0 Å². The van der Waals surface area contributed by atoms with E-state index >= 15 is 0 Å². The van der Waals surface area contributed by atoms with E-state index in [0.29, 0.717) is 0 Å². The van der Waals surface area contributed by atoms with Gasteiger partial charge in [-0.2, -0.15) is 8.78 Å². The zero-order valence-corrected chi connectivity index (χ0v) is 10.6. The number of hydrogen-bond acceptors (Lipinski definition) is 3. The highest BCUT2D eigenvalue weighted by Gasteiger charge is 2.30. The van der Waals surface area contributed by atoms with E-state index < -0.39 is 69.4 Å². The molecule has 0 saturated carbocycles. The summed E-state index contributed by atoms with van der Waals surface area (Å²) in [6, 6.07) is 0. The van der Waals surface area contributed by atoms with E-state index in [4.69, 9.17) is 11.5 Å². The highest BCUT2D eigenvalue weighted by molar-refractivity contribution is 5.53. The van der Waals surface area contributed by atoms with Gasteiger partial charge >= 0.3 is 0 Å². The first kappa shape index (κ1) is 16.6. The maximum absolute atomic E-state index is 13.6. The second-order valence-electron chi connectivity index (χ2n) is 4.10. The van der Waals surface area contributed by atoms with Gasteiger partial charge in [0.15, 0.2) is 23.3 Å². The molecule has 11 heteroatoms. The lowest BCUT2D eigenvalue weighted by Crippen LogP contribution is -2.09. The molecule has 0 aliphatic carbocycles. The summed E-state index contributed by atoms with van der Waals surface area (Å²) in [4.78, 5) is 0. The summed E-state index contributed by atoms with van der Waals surface area (Å²) >= 11 is 0. The number of hydrogen-bond donors (Lipinski definition) is 2. The number of nitrogen functional groups attached to an aromatic ring is 2. The Hall–Kier alpha value is -2.72. The fraction of sp³-hybridized carbons (Fsp3) is 0. The van der Waals surface area contributed by atoms with E-state index in [1.165, 1.54) is 0 Å². The molecule has 2 rings (SSSR count).